The number of halogens is 1. The summed E-state index contributed by atoms with van der Waals surface area (Å²) in [7, 11) is 0. The van der Waals surface area contributed by atoms with Gasteiger partial charge in [-0.2, -0.15) is 0 Å². The first-order valence-electron chi connectivity index (χ1n) is 8.38. The summed E-state index contributed by atoms with van der Waals surface area (Å²) < 4.78 is 10.7. The first-order valence-corrected chi connectivity index (χ1v) is 8.75. The molecule has 0 unspecified atom stereocenters. The Labute approximate surface area is 161 Å². The van der Waals surface area contributed by atoms with E-state index in [4.69, 9.17) is 25.9 Å². The molecular formula is C18H22ClN3O5. The number of amides is 1. The number of carbonyl (C=O) groups is 2. The number of carbonyl (C=O) groups excluding carboxylic acids is 1. The van der Waals surface area contributed by atoms with Crippen molar-refractivity contribution in [2.45, 2.75) is 51.7 Å². The van der Waals surface area contributed by atoms with Crippen molar-refractivity contribution in [1.82, 2.24) is 15.5 Å². The van der Waals surface area contributed by atoms with E-state index in [1.165, 1.54) is 0 Å². The second kappa shape index (κ2) is 8.85. The molecule has 146 valence electrons. The maximum absolute atomic E-state index is 12.2. The summed E-state index contributed by atoms with van der Waals surface area (Å²) in [5.74, 6) is -0.809. The van der Waals surface area contributed by atoms with Crippen LogP contribution < -0.4 is 5.32 Å². The van der Waals surface area contributed by atoms with Crippen molar-refractivity contribution in [3.63, 3.8) is 0 Å². The molecule has 0 saturated heterocycles. The summed E-state index contributed by atoms with van der Waals surface area (Å²) in [4.78, 5) is 22.9. The minimum atomic E-state index is -1.06. The van der Waals surface area contributed by atoms with Crippen LogP contribution in [0.4, 0.5) is 4.79 Å². The van der Waals surface area contributed by atoms with Crippen LogP contribution in [-0.4, -0.2) is 39.0 Å². The number of aromatic nitrogens is 2. The maximum atomic E-state index is 12.2. The minimum absolute atomic E-state index is 0.0139. The van der Waals surface area contributed by atoms with Gasteiger partial charge in [0.25, 0.3) is 0 Å². The summed E-state index contributed by atoms with van der Waals surface area (Å²) in [5.41, 5.74) is 0.319. The van der Waals surface area contributed by atoms with Crippen LogP contribution in [0.25, 0.3) is 0 Å². The molecule has 2 N–H and O–H groups in total. The number of rotatable bonds is 7. The molecule has 1 amide bonds. The van der Waals surface area contributed by atoms with Gasteiger partial charge >= 0.3 is 12.1 Å². The summed E-state index contributed by atoms with van der Waals surface area (Å²) in [6, 6.07) is 6.85. The van der Waals surface area contributed by atoms with Crippen molar-refractivity contribution in [3.8, 4) is 0 Å². The fourth-order valence-electron chi connectivity index (χ4n) is 2.34. The average Bonchev–Trinajstić information content (AvgIpc) is 2.93. The molecule has 1 aromatic heterocycles. The fourth-order valence-corrected chi connectivity index (χ4v) is 2.46. The van der Waals surface area contributed by atoms with Gasteiger partial charge in [0, 0.05) is 17.5 Å². The predicted molar refractivity (Wildman–Crippen MR) is 97.7 cm³/mol. The van der Waals surface area contributed by atoms with Gasteiger partial charge in [0.2, 0.25) is 11.8 Å². The van der Waals surface area contributed by atoms with Crippen molar-refractivity contribution in [3.05, 3.63) is 46.6 Å². The second-order valence-corrected chi connectivity index (χ2v) is 7.47. The van der Waals surface area contributed by atoms with E-state index in [0.29, 0.717) is 11.4 Å². The molecule has 27 heavy (non-hydrogen) atoms. The van der Waals surface area contributed by atoms with Crippen molar-refractivity contribution < 1.29 is 23.8 Å². The van der Waals surface area contributed by atoms with E-state index in [-0.39, 0.29) is 30.7 Å². The van der Waals surface area contributed by atoms with Crippen LogP contribution >= 0.6 is 11.6 Å². The van der Waals surface area contributed by atoms with Crippen LogP contribution in [0.5, 0.6) is 0 Å². The van der Waals surface area contributed by atoms with Gasteiger partial charge in [-0.3, -0.25) is 4.79 Å². The summed E-state index contributed by atoms with van der Waals surface area (Å²) >= 11 is 5.91. The van der Waals surface area contributed by atoms with Crippen LogP contribution in [0.1, 0.15) is 38.1 Å². The quantitative estimate of drug-likeness (QED) is 0.740. The van der Waals surface area contributed by atoms with E-state index in [2.05, 4.69) is 15.5 Å². The highest BCUT2D eigenvalue weighted by Crippen LogP contribution is 2.14. The predicted octanol–water partition coefficient (Wildman–Crippen LogP) is 3.03. The minimum Gasteiger partial charge on any atom is -0.481 e. The monoisotopic (exact) mass is 395 g/mol. The van der Waals surface area contributed by atoms with Crippen LogP contribution in [0.2, 0.25) is 5.02 Å². The van der Waals surface area contributed by atoms with Gasteiger partial charge < -0.3 is 19.6 Å². The van der Waals surface area contributed by atoms with Gasteiger partial charge in [-0.25, -0.2) is 4.79 Å². The third kappa shape index (κ3) is 7.65. The summed E-state index contributed by atoms with van der Waals surface area (Å²) in [6.07, 6.45) is -0.206. The number of alkyl carbamates (subject to hydrolysis) is 1. The largest absolute Gasteiger partial charge is 0.481 e. The number of ether oxygens (including phenoxy) is 1. The first-order chi connectivity index (χ1) is 12.6. The Morgan fingerprint density at radius 2 is 1.81 bits per heavy atom. The zero-order valence-electron chi connectivity index (χ0n) is 15.4. The SMILES string of the molecule is CC(C)(C)OC(=O)N[C@@H](Cc1ccc(Cl)cc1)Cc1nnc(CC(=O)O)o1. The number of hydrogen-bond acceptors (Lipinski definition) is 6. The van der Waals surface area contributed by atoms with Gasteiger partial charge in [-0.15, -0.1) is 10.2 Å². The van der Waals surface area contributed by atoms with Crippen LogP contribution in [0.3, 0.4) is 0 Å². The number of nitrogens with zero attached hydrogens (tertiary/aromatic N) is 2. The molecule has 0 aliphatic heterocycles. The van der Waals surface area contributed by atoms with Gasteiger partial charge in [0.1, 0.15) is 12.0 Å². The highest BCUT2D eigenvalue weighted by atomic mass is 35.5. The number of benzene rings is 1. The lowest BCUT2D eigenvalue weighted by Crippen LogP contribution is -2.41. The van der Waals surface area contributed by atoms with Crippen LogP contribution in [-0.2, 0) is 28.8 Å². The highest BCUT2D eigenvalue weighted by Gasteiger charge is 2.22. The van der Waals surface area contributed by atoms with Gasteiger partial charge in [-0.1, -0.05) is 23.7 Å². The van der Waals surface area contributed by atoms with Gasteiger partial charge in [-0.05, 0) is 44.9 Å². The Morgan fingerprint density at radius 1 is 1.19 bits per heavy atom. The summed E-state index contributed by atoms with van der Waals surface area (Å²) in [6.45, 7) is 5.32. The Hall–Kier alpha value is -2.61. The van der Waals surface area contributed by atoms with Crippen molar-refractivity contribution >= 4 is 23.7 Å². The molecule has 1 aromatic carbocycles. The molecule has 2 aromatic rings. The molecule has 1 heterocycles. The molecule has 9 heteroatoms. The van der Waals surface area contributed by atoms with Crippen LogP contribution in [0.15, 0.2) is 28.7 Å². The topological polar surface area (TPSA) is 115 Å². The van der Waals surface area contributed by atoms with E-state index in [9.17, 15) is 9.59 Å². The first kappa shape index (κ1) is 20.7. The number of carboxylic acid groups (broad SMARTS) is 1. The lowest BCUT2D eigenvalue weighted by Gasteiger charge is -2.23. The number of carboxylic acids is 1. The smallest absolute Gasteiger partial charge is 0.407 e. The van der Waals surface area contributed by atoms with Crippen LogP contribution in [0, 0.1) is 0 Å². The van der Waals surface area contributed by atoms with Crippen molar-refractivity contribution in [2.24, 2.45) is 0 Å². The molecule has 8 nitrogen and oxygen atoms in total. The normalized spacial score (nSPS) is 12.4. The van der Waals surface area contributed by atoms with Gasteiger partial charge in [0.05, 0.1) is 0 Å². The molecule has 0 aliphatic carbocycles. The molecule has 0 radical (unpaired) electrons. The number of nitrogens with one attached hydrogen (secondary N) is 1. The third-order valence-electron chi connectivity index (χ3n) is 3.35. The molecular weight excluding hydrogens is 374 g/mol. The molecule has 0 aliphatic rings. The van der Waals surface area contributed by atoms with E-state index < -0.39 is 17.7 Å². The van der Waals surface area contributed by atoms with Gasteiger partial charge in [0.15, 0.2) is 0 Å². The number of hydrogen-bond donors (Lipinski definition) is 2. The fraction of sp³-hybridized carbons (Fsp3) is 0.444. The Bertz CT molecular complexity index is 783. The van der Waals surface area contributed by atoms with E-state index in [1.54, 1.807) is 32.9 Å². The zero-order valence-corrected chi connectivity index (χ0v) is 16.1. The maximum Gasteiger partial charge on any atom is 0.407 e. The standard InChI is InChI=1S/C18H22ClN3O5/c1-18(2,3)27-17(25)20-13(8-11-4-6-12(19)7-5-11)9-14-21-22-15(26-14)10-16(23)24/h4-7,13H,8-10H2,1-3H3,(H,20,25)(H,23,24)/t13-/m0/s1. The van der Waals surface area contributed by atoms with Crippen molar-refractivity contribution in [1.29, 1.82) is 0 Å². The highest BCUT2D eigenvalue weighted by molar-refractivity contribution is 6.30. The lowest BCUT2D eigenvalue weighted by atomic mass is 10.0. The Kier molecular flexibility index (Phi) is 6.79. The van der Waals surface area contributed by atoms with Crippen molar-refractivity contribution in [2.75, 3.05) is 0 Å². The second-order valence-electron chi connectivity index (χ2n) is 7.04. The van der Waals surface area contributed by atoms with E-state index in [0.717, 1.165) is 5.56 Å². The Morgan fingerprint density at radius 3 is 2.41 bits per heavy atom. The molecule has 0 saturated carbocycles. The lowest BCUT2D eigenvalue weighted by molar-refractivity contribution is -0.136. The zero-order chi connectivity index (χ0) is 20.0. The average molecular weight is 396 g/mol. The third-order valence-corrected chi connectivity index (χ3v) is 3.60. The summed E-state index contributed by atoms with van der Waals surface area (Å²) in [5, 5.41) is 19.8. The Balaban J connectivity index is 2.10. The molecule has 0 fully saturated rings. The van der Waals surface area contributed by atoms with E-state index in [1.807, 2.05) is 12.1 Å². The molecule has 2 rings (SSSR count). The molecule has 0 spiro atoms. The molecule has 0 bridgehead atoms. The van der Waals surface area contributed by atoms with E-state index >= 15 is 0 Å². The number of aliphatic carboxylic acids is 1. The molecule has 1 atom stereocenters.